The molecule has 178 valence electrons. The Kier molecular flexibility index (Phi) is 6.08. The van der Waals surface area contributed by atoms with Gasteiger partial charge in [-0.15, -0.1) is 0 Å². The molecule has 0 unspecified atom stereocenters. The van der Waals surface area contributed by atoms with Gasteiger partial charge in [-0.2, -0.15) is 0 Å². The molecule has 5 rings (SSSR count). The lowest BCUT2D eigenvalue weighted by molar-refractivity contribution is -0.384. The first-order valence-electron chi connectivity index (χ1n) is 11.8. The van der Waals surface area contributed by atoms with Gasteiger partial charge in [-0.3, -0.25) is 19.7 Å². The zero-order valence-corrected chi connectivity index (χ0v) is 18.9. The Morgan fingerprint density at radius 2 is 1.62 bits per heavy atom. The van der Waals surface area contributed by atoms with E-state index in [1.54, 1.807) is 29.2 Å². The van der Waals surface area contributed by atoms with Crippen LogP contribution in [0.15, 0.2) is 36.4 Å². The van der Waals surface area contributed by atoms with E-state index in [0.717, 1.165) is 31.6 Å². The zero-order chi connectivity index (χ0) is 23.7. The molecular formula is C25H27N3O6. The van der Waals surface area contributed by atoms with Crippen molar-refractivity contribution in [2.75, 3.05) is 44.3 Å². The van der Waals surface area contributed by atoms with Gasteiger partial charge in [0.1, 0.15) is 13.2 Å². The average Bonchev–Trinajstić information content (AvgIpc) is 3.42. The topological polar surface area (TPSA) is 102 Å². The molecule has 2 aromatic rings. The molecule has 2 aromatic carbocycles. The van der Waals surface area contributed by atoms with Crippen LogP contribution in [-0.2, 0) is 0 Å². The minimum absolute atomic E-state index is 0.0391. The van der Waals surface area contributed by atoms with Crippen LogP contribution in [0.5, 0.6) is 11.5 Å². The summed E-state index contributed by atoms with van der Waals surface area (Å²) in [5.41, 5.74) is 1.62. The number of Topliss-reactive ketones (excluding diaryl/α,β-unsaturated/α-hetero) is 1. The molecule has 0 spiro atoms. The molecule has 3 aliphatic heterocycles. The number of carbonyl (C=O) groups is 2. The van der Waals surface area contributed by atoms with Gasteiger partial charge in [0.25, 0.3) is 11.6 Å². The van der Waals surface area contributed by atoms with E-state index in [4.69, 9.17) is 9.47 Å². The summed E-state index contributed by atoms with van der Waals surface area (Å²) in [7, 11) is 0. The minimum atomic E-state index is -0.469. The zero-order valence-electron chi connectivity index (χ0n) is 18.9. The van der Waals surface area contributed by atoms with E-state index in [0.29, 0.717) is 61.8 Å². The molecule has 0 atom stereocenters. The van der Waals surface area contributed by atoms with Crippen LogP contribution in [0, 0.1) is 16.0 Å². The highest BCUT2D eigenvalue weighted by Crippen LogP contribution is 2.34. The average molecular weight is 466 g/mol. The molecule has 1 amide bonds. The van der Waals surface area contributed by atoms with Crippen molar-refractivity contribution in [1.29, 1.82) is 0 Å². The number of ether oxygens (including phenoxy) is 2. The van der Waals surface area contributed by atoms with Gasteiger partial charge >= 0.3 is 0 Å². The number of ketones is 1. The van der Waals surface area contributed by atoms with Crippen LogP contribution in [0.4, 0.5) is 11.4 Å². The Balaban J connectivity index is 1.29. The summed E-state index contributed by atoms with van der Waals surface area (Å²) < 4.78 is 11.1. The number of piperidine rings is 1. The molecule has 9 nitrogen and oxygen atoms in total. The number of likely N-dealkylation sites (tertiary alicyclic amines) is 1. The van der Waals surface area contributed by atoms with Crippen LogP contribution in [0.25, 0.3) is 0 Å². The monoisotopic (exact) mass is 465 g/mol. The van der Waals surface area contributed by atoms with Gasteiger partial charge in [0.15, 0.2) is 17.3 Å². The fourth-order valence-corrected chi connectivity index (χ4v) is 4.99. The maximum absolute atomic E-state index is 13.4. The number of rotatable bonds is 5. The smallest absolute Gasteiger partial charge is 0.270 e. The third-order valence-electron chi connectivity index (χ3n) is 6.85. The van der Waals surface area contributed by atoms with Gasteiger partial charge in [-0.25, -0.2) is 0 Å². The van der Waals surface area contributed by atoms with E-state index in [2.05, 4.69) is 4.90 Å². The van der Waals surface area contributed by atoms with E-state index in [1.807, 2.05) is 0 Å². The first-order chi connectivity index (χ1) is 16.5. The highest BCUT2D eigenvalue weighted by Gasteiger charge is 2.31. The second-order valence-corrected chi connectivity index (χ2v) is 8.94. The fourth-order valence-electron chi connectivity index (χ4n) is 4.99. The number of carbonyl (C=O) groups excluding carboxylic acids is 2. The first-order valence-corrected chi connectivity index (χ1v) is 11.8. The molecule has 0 bridgehead atoms. The lowest BCUT2D eigenvalue weighted by Crippen LogP contribution is -2.41. The van der Waals surface area contributed by atoms with Crippen LogP contribution in [0.1, 0.15) is 46.4 Å². The van der Waals surface area contributed by atoms with Crippen molar-refractivity contribution in [3.8, 4) is 11.5 Å². The summed E-state index contributed by atoms with van der Waals surface area (Å²) in [6.07, 6.45) is 3.18. The number of amides is 1. The van der Waals surface area contributed by atoms with E-state index in [9.17, 15) is 19.7 Å². The van der Waals surface area contributed by atoms with Crippen LogP contribution in [0.2, 0.25) is 0 Å². The largest absolute Gasteiger partial charge is 0.486 e. The standard InChI is InChI=1S/C25H27N3O6/c29-24(18-3-6-22-23(15-18)34-14-13-33-22)17-7-11-27(12-8-17)25(30)20-16-19(28(31)32)4-5-21(20)26-9-1-2-10-26/h3-6,15-17H,1-2,7-14H2. The molecule has 3 aliphatic rings. The molecule has 0 aliphatic carbocycles. The number of hydrogen-bond acceptors (Lipinski definition) is 7. The second kappa shape index (κ2) is 9.32. The summed E-state index contributed by atoms with van der Waals surface area (Å²) in [5, 5.41) is 11.3. The van der Waals surface area contributed by atoms with Gasteiger partial charge in [-0.1, -0.05) is 0 Å². The molecule has 34 heavy (non-hydrogen) atoms. The van der Waals surface area contributed by atoms with Gasteiger partial charge in [0.2, 0.25) is 0 Å². The Morgan fingerprint density at radius 1 is 0.912 bits per heavy atom. The molecule has 0 N–H and O–H groups in total. The third-order valence-corrected chi connectivity index (χ3v) is 6.85. The molecule has 2 saturated heterocycles. The van der Waals surface area contributed by atoms with Crippen molar-refractivity contribution in [3.63, 3.8) is 0 Å². The number of benzene rings is 2. The van der Waals surface area contributed by atoms with E-state index >= 15 is 0 Å². The normalized spacial score (nSPS) is 18.1. The van der Waals surface area contributed by atoms with Gasteiger partial charge in [0, 0.05) is 49.8 Å². The highest BCUT2D eigenvalue weighted by atomic mass is 16.6. The maximum Gasteiger partial charge on any atom is 0.270 e. The third kappa shape index (κ3) is 4.30. The minimum Gasteiger partial charge on any atom is -0.486 e. The number of nitrogens with zero attached hydrogens (tertiary/aromatic N) is 3. The highest BCUT2D eigenvalue weighted by molar-refractivity contribution is 6.01. The number of anilines is 1. The molecular weight excluding hydrogens is 438 g/mol. The van der Waals surface area contributed by atoms with Crippen molar-refractivity contribution in [2.45, 2.75) is 25.7 Å². The summed E-state index contributed by atoms with van der Waals surface area (Å²) in [6.45, 7) is 3.50. The quantitative estimate of drug-likeness (QED) is 0.377. The Labute approximate surface area is 197 Å². The van der Waals surface area contributed by atoms with Crippen LogP contribution in [-0.4, -0.2) is 60.9 Å². The lowest BCUT2D eigenvalue weighted by atomic mass is 9.88. The second-order valence-electron chi connectivity index (χ2n) is 8.94. The molecule has 0 saturated carbocycles. The van der Waals surface area contributed by atoms with Crippen molar-refractivity contribution in [1.82, 2.24) is 4.90 Å². The van der Waals surface area contributed by atoms with Gasteiger partial charge in [-0.05, 0) is 49.9 Å². The first kappa shape index (κ1) is 22.2. The SMILES string of the molecule is O=C(c1ccc2c(c1)OCCO2)C1CCN(C(=O)c2cc([N+](=O)[O-])ccc2N2CCCC2)CC1. The van der Waals surface area contributed by atoms with E-state index in [-0.39, 0.29) is 23.3 Å². The van der Waals surface area contributed by atoms with Gasteiger partial charge in [0.05, 0.1) is 16.2 Å². The Bertz CT molecular complexity index is 1120. The number of fused-ring (bicyclic) bond motifs is 1. The van der Waals surface area contributed by atoms with Gasteiger partial charge < -0.3 is 19.3 Å². The number of nitro benzene ring substituents is 1. The molecule has 2 fully saturated rings. The summed E-state index contributed by atoms with van der Waals surface area (Å²) in [6, 6.07) is 9.81. The molecule has 3 heterocycles. The number of hydrogen-bond donors (Lipinski definition) is 0. The fraction of sp³-hybridized carbons (Fsp3) is 0.440. The van der Waals surface area contributed by atoms with Crippen molar-refractivity contribution < 1.29 is 24.0 Å². The summed E-state index contributed by atoms with van der Waals surface area (Å²) in [5.74, 6) is 0.876. The van der Waals surface area contributed by atoms with E-state index < -0.39 is 4.92 Å². The lowest BCUT2D eigenvalue weighted by Gasteiger charge is -2.32. The number of nitro groups is 1. The molecule has 0 aromatic heterocycles. The summed E-state index contributed by atoms with van der Waals surface area (Å²) >= 11 is 0. The summed E-state index contributed by atoms with van der Waals surface area (Å²) in [4.78, 5) is 41.2. The van der Waals surface area contributed by atoms with Crippen LogP contribution in [0.3, 0.4) is 0 Å². The van der Waals surface area contributed by atoms with Crippen LogP contribution >= 0.6 is 0 Å². The van der Waals surface area contributed by atoms with Crippen molar-refractivity contribution >= 4 is 23.1 Å². The van der Waals surface area contributed by atoms with Crippen molar-refractivity contribution in [2.24, 2.45) is 5.92 Å². The maximum atomic E-state index is 13.4. The predicted octanol–water partition coefficient (Wildman–Crippen LogP) is 3.70. The Morgan fingerprint density at radius 3 is 2.32 bits per heavy atom. The predicted molar refractivity (Wildman–Crippen MR) is 125 cm³/mol. The molecule has 0 radical (unpaired) electrons. The number of non-ortho nitro benzene ring substituents is 1. The Hall–Kier alpha value is -3.62. The van der Waals surface area contributed by atoms with Crippen LogP contribution < -0.4 is 14.4 Å². The molecule has 9 heteroatoms. The van der Waals surface area contributed by atoms with E-state index in [1.165, 1.54) is 12.1 Å². The van der Waals surface area contributed by atoms with Crippen molar-refractivity contribution in [3.05, 3.63) is 57.6 Å².